The highest BCUT2D eigenvalue weighted by Crippen LogP contribution is 2.59. The van der Waals surface area contributed by atoms with Gasteiger partial charge in [0.1, 0.15) is 0 Å². The maximum Gasteiger partial charge on any atom is 0.276 e. The smallest absolute Gasteiger partial charge is 0.276 e. The highest BCUT2D eigenvalue weighted by molar-refractivity contribution is 8.10. The topological polar surface area (TPSA) is 17.1 Å². The van der Waals surface area contributed by atoms with Gasteiger partial charge in [-0.15, -0.1) is 0 Å². The predicted molar refractivity (Wildman–Crippen MR) is 68.7 cm³/mol. The molecule has 80 valence electrons. The fourth-order valence-electron chi connectivity index (χ4n) is 0.927. The van der Waals surface area contributed by atoms with E-state index in [9.17, 15) is 4.57 Å². The fraction of sp³-hybridized carbons (Fsp3) is 0. The van der Waals surface area contributed by atoms with Crippen LogP contribution in [-0.4, -0.2) is 0 Å². The monoisotopic (exact) mass is 280 g/mol. The minimum atomic E-state index is -3.24. The Balaban J connectivity index is 2.75. The molecule has 0 spiro atoms. The van der Waals surface area contributed by atoms with E-state index in [2.05, 4.69) is 0 Å². The SMILES string of the molecule is O=P(Cl)(Cl)/C=C(Cl)\C=C\c1ccccc1. The van der Waals surface area contributed by atoms with Gasteiger partial charge in [0.15, 0.2) is 0 Å². The molecule has 0 aliphatic carbocycles. The summed E-state index contributed by atoms with van der Waals surface area (Å²) in [6, 6.07) is 9.57. The lowest BCUT2D eigenvalue weighted by molar-refractivity contribution is 0.597. The van der Waals surface area contributed by atoms with Gasteiger partial charge in [-0.1, -0.05) is 48.0 Å². The molecule has 0 radical (unpaired) electrons. The highest BCUT2D eigenvalue weighted by atomic mass is 35.9. The molecule has 0 saturated heterocycles. The molecule has 0 N–H and O–H groups in total. The second-order valence-electron chi connectivity index (χ2n) is 2.76. The van der Waals surface area contributed by atoms with Gasteiger partial charge in [0.2, 0.25) is 0 Å². The first kappa shape index (κ1) is 12.9. The molecule has 1 nitrogen and oxygen atoms in total. The molecule has 0 bridgehead atoms. The molecule has 0 atom stereocenters. The molecule has 0 amide bonds. The van der Waals surface area contributed by atoms with Gasteiger partial charge >= 0.3 is 0 Å². The normalized spacial score (nSPS) is 13.4. The second kappa shape index (κ2) is 5.77. The molecule has 0 saturated carbocycles. The quantitative estimate of drug-likeness (QED) is 0.532. The summed E-state index contributed by atoms with van der Waals surface area (Å²) in [6.07, 6.45) is 3.37. The van der Waals surface area contributed by atoms with E-state index >= 15 is 0 Å². The molecule has 0 fully saturated rings. The summed E-state index contributed by atoms with van der Waals surface area (Å²) < 4.78 is 11.0. The summed E-state index contributed by atoms with van der Waals surface area (Å²) in [5.74, 6) is -2.11. The lowest BCUT2D eigenvalue weighted by Gasteiger charge is -1.93. The molecule has 0 aromatic heterocycles. The van der Waals surface area contributed by atoms with Crippen molar-refractivity contribution >= 4 is 46.0 Å². The Morgan fingerprint density at radius 1 is 1.20 bits per heavy atom. The summed E-state index contributed by atoms with van der Waals surface area (Å²) in [4.78, 5) is 0. The maximum absolute atomic E-state index is 11.0. The standard InChI is InChI=1S/C10H8Cl3OP/c11-10(8-15(12,13)14)7-6-9-4-2-1-3-5-9/h1-8H/b7-6+,10-8+. The largest absolute Gasteiger partial charge is 0.285 e. The van der Waals surface area contributed by atoms with E-state index in [1.54, 1.807) is 12.2 Å². The molecule has 15 heavy (non-hydrogen) atoms. The van der Waals surface area contributed by atoms with Gasteiger partial charge in [-0.05, 0) is 34.1 Å². The third-order valence-corrected chi connectivity index (χ3v) is 3.06. The molecule has 0 heterocycles. The van der Waals surface area contributed by atoms with Gasteiger partial charge in [-0.25, -0.2) is 0 Å². The molecule has 0 aliphatic rings. The highest BCUT2D eigenvalue weighted by Gasteiger charge is 2.08. The van der Waals surface area contributed by atoms with Crippen LogP contribution in [0, 0.1) is 0 Å². The van der Waals surface area contributed by atoms with Crippen molar-refractivity contribution in [1.82, 2.24) is 0 Å². The first-order chi connectivity index (χ1) is 6.97. The number of hydrogen-bond acceptors (Lipinski definition) is 1. The first-order valence-electron chi connectivity index (χ1n) is 4.08. The number of halogens is 3. The summed E-state index contributed by atoms with van der Waals surface area (Å²) in [6.45, 7) is 0. The summed E-state index contributed by atoms with van der Waals surface area (Å²) in [5, 5.41) is 0.257. The lowest BCUT2D eigenvalue weighted by Crippen LogP contribution is -1.68. The minimum absolute atomic E-state index is 0.257. The summed E-state index contributed by atoms with van der Waals surface area (Å²) in [5.41, 5.74) is 0.989. The van der Waals surface area contributed by atoms with Crippen molar-refractivity contribution in [1.29, 1.82) is 0 Å². The third-order valence-electron chi connectivity index (χ3n) is 1.51. The number of benzene rings is 1. The van der Waals surface area contributed by atoms with E-state index in [1.807, 2.05) is 30.3 Å². The number of rotatable bonds is 3. The van der Waals surface area contributed by atoms with Crippen LogP contribution in [0.5, 0.6) is 0 Å². The Morgan fingerprint density at radius 2 is 1.80 bits per heavy atom. The fourth-order valence-corrected chi connectivity index (χ4v) is 2.71. The van der Waals surface area contributed by atoms with Crippen LogP contribution in [0.2, 0.25) is 0 Å². The zero-order chi connectivity index (χ0) is 11.3. The molecule has 1 aromatic rings. The molecule has 0 unspecified atom stereocenters. The Bertz CT molecular complexity index is 420. The van der Waals surface area contributed by atoms with Gasteiger partial charge in [0.25, 0.3) is 5.85 Å². The van der Waals surface area contributed by atoms with Crippen LogP contribution in [0.3, 0.4) is 0 Å². The van der Waals surface area contributed by atoms with Crippen LogP contribution < -0.4 is 0 Å². The van der Waals surface area contributed by atoms with E-state index in [4.69, 9.17) is 34.1 Å². The van der Waals surface area contributed by atoms with E-state index in [-0.39, 0.29) is 5.03 Å². The molecule has 1 rings (SSSR count). The Hall–Kier alpha value is -0.200. The van der Waals surface area contributed by atoms with Gasteiger partial charge < -0.3 is 0 Å². The Morgan fingerprint density at radius 3 is 2.33 bits per heavy atom. The molecule has 5 heteroatoms. The van der Waals surface area contributed by atoms with Gasteiger partial charge in [0.05, 0.1) is 0 Å². The van der Waals surface area contributed by atoms with Crippen molar-refractivity contribution in [2.75, 3.05) is 0 Å². The Labute approximate surface area is 103 Å². The van der Waals surface area contributed by atoms with Crippen molar-refractivity contribution in [2.45, 2.75) is 0 Å². The van der Waals surface area contributed by atoms with Gasteiger partial charge in [0, 0.05) is 10.8 Å². The minimum Gasteiger partial charge on any atom is -0.285 e. The Kier molecular flexibility index (Phi) is 4.95. The van der Waals surface area contributed by atoms with E-state index in [0.717, 1.165) is 11.4 Å². The molecular formula is C10H8Cl3OP. The van der Waals surface area contributed by atoms with Crippen LogP contribution in [0.15, 0.2) is 47.3 Å². The maximum atomic E-state index is 11.0. The van der Waals surface area contributed by atoms with Crippen molar-refractivity contribution in [2.24, 2.45) is 0 Å². The van der Waals surface area contributed by atoms with Crippen LogP contribution in [-0.2, 0) is 4.57 Å². The first-order valence-corrected chi connectivity index (χ1v) is 8.04. The number of allylic oxidation sites excluding steroid dienone is 2. The average molecular weight is 282 g/mol. The molecular weight excluding hydrogens is 273 g/mol. The van der Waals surface area contributed by atoms with E-state index < -0.39 is 5.85 Å². The van der Waals surface area contributed by atoms with Crippen LogP contribution in [0.25, 0.3) is 6.08 Å². The summed E-state index contributed by atoms with van der Waals surface area (Å²) >= 11 is 16.4. The van der Waals surface area contributed by atoms with Gasteiger partial charge in [-0.3, -0.25) is 4.57 Å². The van der Waals surface area contributed by atoms with Crippen LogP contribution in [0.1, 0.15) is 5.56 Å². The second-order valence-corrected chi connectivity index (χ2v) is 7.99. The van der Waals surface area contributed by atoms with Crippen molar-refractivity contribution in [3.63, 3.8) is 0 Å². The van der Waals surface area contributed by atoms with E-state index in [0.29, 0.717) is 0 Å². The zero-order valence-corrected chi connectivity index (χ0v) is 10.8. The molecule has 0 aliphatic heterocycles. The predicted octanol–water partition coefficient (Wildman–Crippen LogP) is 5.45. The van der Waals surface area contributed by atoms with E-state index in [1.165, 1.54) is 0 Å². The number of hydrogen-bond donors (Lipinski definition) is 0. The molecule has 1 aromatic carbocycles. The zero-order valence-electron chi connectivity index (χ0n) is 7.61. The lowest BCUT2D eigenvalue weighted by atomic mass is 10.2. The van der Waals surface area contributed by atoms with Crippen LogP contribution >= 0.6 is 39.9 Å². The van der Waals surface area contributed by atoms with Crippen molar-refractivity contribution in [3.05, 3.63) is 52.8 Å². The van der Waals surface area contributed by atoms with Crippen molar-refractivity contribution < 1.29 is 4.57 Å². The van der Waals surface area contributed by atoms with Gasteiger partial charge in [-0.2, -0.15) is 0 Å². The third kappa shape index (κ3) is 6.06. The van der Waals surface area contributed by atoms with Crippen molar-refractivity contribution in [3.8, 4) is 0 Å². The summed E-state index contributed by atoms with van der Waals surface area (Å²) in [7, 11) is 0. The average Bonchev–Trinajstić information content (AvgIpc) is 2.14. The van der Waals surface area contributed by atoms with Crippen LogP contribution in [0.4, 0.5) is 0 Å².